The van der Waals surface area contributed by atoms with Crippen molar-refractivity contribution in [2.75, 3.05) is 11.9 Å². The van der Waals surface area contributed by atoms with Crippen molar-refractivity contribution in [1.82, 2.24) is 30.0 Å². The van der Waals surface area contributed by atoms with Gasteiger partial charge in [0.15, 0.2) is 0 Å². The van der Waals surface area contributed by atoms with Crippen molar-refractivity contribution in [2.24, 2.45) is 0 Å². The standard InChI is InChI=1S/C20H17N7O2S/c28-18(9-15-11-30-20(26-15)17-3-1-2-8-22-17)23-10-19(29)25-14-4-6-16(7-5-14)27-13-21-12-24-27/h1-8,11-13H,9-10H2,(H,23,28)(H,25,29). The van der Waals surface area contributed by atoms with Crippen LogP contribution in [-0.4, -0.2) is 43.1 Å². The molecular formula is C20H17N7O2S. The van der Waals surface area contributed by atoms with Gasteiger partial charge in [0.25, 0.3) is 0 Å². The Labute approximate surface area is 175 Å². The molecule has 0 spiro atoms. The zero-order valence-corrected chi connectivity index (χ0v) is 16.5. The van der Waals surface area contributed by atoms with Gasteiger partial charge >= 0.3 is 0 Å². The van der Waals surface area contributed by atoms with Gasteiger partial charge in [-0.05, 0) is 36.4 Å². The molecule has 2 N–H and O–H groups in total. The molecule has 2 amide bonds. The maximum Gasteiger partial charge on any atom is 0.243 e. The lowest BCUT2D eigenvalue weighted by Crippen LogP contribution is -2.33. The minimum atomic E-state index is -0.315. The van der Waals surface area contributed by atoms with Crippen molar-refractivity contribution in [2.45, 2.75) is 6.42 Å². The minimum absolute atomic E-state index is 0.100. The second-order valence-electron chi connectivity index (χ2n) is 6.25. The number of aromatic nitrogens is 5. The highest BCUT2D eigenvalue weighted by molar-refractivity contribution is 7.13. The molecule has 4 rings (SSSR count). The maximum absolute atomic E-state index is 12.1. The van der Waals surface area contributed by atoms with Crippen LogP contribution < -0.4 is 10.6 Å². The molecule has 3 aromatic heterocycles. The molecule has 0 bridgehead atoms. The Morgan fingerprint density at radius 1 is 1.07 bits per heavy atom. The Hall–Kier alpha value is -3.92. The largest absolute Gasteiger partial charge is 0.347 e. The lowest BCUT2D eigenvalue weighted by atomic mass is 10.3. The van der Waals surface area contributed by atoms with Crippen LogP contribution >= 0.6 is 11.3 Å². The highest BCUT2D eigenvalue weighted by Crippen LogP contribution is 2.21. The zero-order chi connectivity index (χ0) is 20.8. The molecule has 0 atom stereocenters. The third kappa shape index (κ3) is 4.92. The molecule has 0 aliphatic carbocycles. The smallest absolute Gasteiger partial charge is 0.243 e. The van der Waals surface area contributed by atoms with Crippen LogP contribution in [-0.2, 0) is 16.0 Å². The van der Waals surface area contributed by atoms with Crippen LogP contribution in [0.3, 0.4) is 0 Å². The monoisotopic (exact) mass is 419 g/mol. The van der Waals surface area contributed by atoms with Crippen LogP contribution in [0, 0.1) is 0 Å². The fourth-order valence-electron chi connectivity index (χ4n) is 2.65. The summed E-state index contributed by atoms with van der Waals surface area (Å²) in [5.41, 5.74) is 2.86. The first-order valence-electron chi connectivity index (χ1n) is 9.05. The molecule has 0 saturated carbocycles. The average Bonchev–Trinajstić information content (AvgIpc) is 3.46. The molecule has 30 heavy (non-hydrogen) atoms. The maximum atomic E-state index is 12.1. The third-order valence-electron chi connectivity index (χ3n) is 4.06. The lowest BCUT2D eigenvalue weighted by Gasteiger charge is -2.07. The molecule has 1 aromatic carbocycles. The van der Waals surface area contributed by atoms with Crippen LogP contribution in [0.1, 0.15) is 5.69 Å². The van der Waals surface area contributed by atoms with E-state index in [0.29, 0.717) is 11.4 Å². The minimum Gasteiger partial charge on any atom is -0.347 e. The van der Waals surface area contributed by atoms with Crippen molar-refractivity contribution in [3.8, 4) is 16.4 Å². The summed E-state index contributed by atoms with van der Waals surface area (Å²) in [6.45, 7) is -0.124. The van der Waals surface area contributed by atoms with Crippen molar-refractivity contribution in [3.63, 3.8) is 0 Å². The first-order chi connectivity index (χ1) is 14.7. The van der Waals surface area contributed by atoms with Gasteiger partial charge in [0.05, 0.1) is 30.0 Å². The van der Waals surface area contributed by atoms with E-state index in [1.165, 1.54) is 17.7 Å². The first kappa shape index (κ1) is 19.4. The zero-order valence-electron chi connectivity index (χ0n) is 15.7. The predicted molar refractivity (Wildman–Crippen MR) is 112 cm³/mol. The molecule has 0 radical (unpaired) electrons. The van der Waals surface area contributed by atoms with E-state index in [1.54, 1.807) is 29.3 Å². The Bertz CT molecular complexity index is 1130. The summed E-state index contributed by atoms with van der Waals surface area (Å²) in [4.78, 5) is 36.8. The number of nitrogens with one attached hydrogen (secondary N) is 2. The summed E-state index contributed by atoms with van der Waals surface area (Å²) in [6.07, 6.45) is 4.83. The van der Waals surface area contributed by atoms with Gasteiger partial charge in [0, 0.05) is 17.3 Å². The molecule has 0 saturated heterocycles. The first-order valence-corrected chi connectivity index (χ1v) is 9.93. The summed E-state index contributed by atoms with van der Waals surface area (Å²) in [5, 5.41) is 12.0. The van der Waals surface area contributed by atoms with E-state index in [0.717, 1.165) is 16.4 Å². The van der Waals surface area contributed by atoms with Gasteiger partial charge in [-0.15, -0.1) is 11.3 Å². The van der Waals surface area contributed by atoms with Gasteiger partial charge < -0.3 is 10.6 Å². The topological polar surface area (TPSA) is 115 Å². The van der Waals surface area contributed by atoms with E-state index >= 15 is 0 Å². The van der Waals surface area contributed by atoms with E-state index in [2.05, 4.69) is 30.7 Å². The normalized spacial score (nSPS) is 10.5. The highest BCUT2D eigenvalue weighted by atomic mass is 32.1. The van der Waals surface area contributed by atoms with Crippen molar-refractivity contribution < 1.29 is 9.59 Å². The molecule has 0 aliphatic heterocycles. The van der Waals surface area contributed by atoms with Crippen LogP contribution in [0.25, 0.3) is 16.4 Å². The van der Waals surface area contributed by atoms with Crippen LogP contribution in [0.4, 0.5) is 5.69 Å². The number of carbonyl (C=O) groups excluding carboxylic acids is 2. The molecule has 0 aliphatic rings. The van der Waals surface area contributed by atoms with Gasteiger partial charge in [-0.2, -0.15) is 5.10 Å². The number of nitrogens with zero attached hydrogens (tertiary/aromatic N) is 5. The molecule has 3 heterocycles. The van der Waals surface area contributed by atoms with Gasteiger partial charge in [-0.25, -0.2) is 14.6 Å². The Morgan fingerprint density at radius 2 is 1.93 bits per heavy atom. The van der Waals surface area contributed by atoms with Crippen molar-refractivity contribution in [1.29, 1.82) is 0 Å². The van der Waals surface area contributed by atoms with E-state index in [9.17, 15) is 9.59 Å². The van der Waals surface area contributed by atoms with Crippen LogP contribution in [0.2, 0.25) is 0 Å². The quantitative estimate of drug-likeness (QED) is 0.474. The second-order valence-corrected chi connectivity index (χ2v) is 7.11. The summed E-state index contributed by atoms with van der Waals surface area (Å²) in [7, 11) is 0. The van der Waals surface area contributed by atoms with E-state index in [4.69, 9.17) is 0 Å². The Balaban J connectivity index is 1.25. The Kier molecular flexibility index (Phi) is 5.85. The summed E-state index contributed by atoms with van der Waals surface area (Å²) in [6, 6.07) is 12.7. The van der Waals surface area contributed by atoms with E-state index in [1.807, 2.05) is 35.7 Å². The van der Waals surface area contributed by atoms with Crippen molar-refractivity contribution >= 4 is 28.8 Å². The summed E-state index contributed by atoms with van der Waals surface area (Å²) in [5.74, 6) is -0.589. The SMILES string of the molecule is O=C(Cc1csc(-c2ccccn2)n1)NCC(=O)Nc1ccc(-n2cncn2)cc1. The van der Waals surface area contributed by atoms with Crippen LogP contribution in [0.15, 0.2) is 66.7 Å². The number of benzene rings is 1. The molecule has 0 unspecified atom stereocenters. The van der Waals surface area contributed by atoms with E-state index in [-0.39, 0.29) is 24.8 Å². The molecule has 9 nitrogen and oxygen atoms in total. The highest BCUT2D eigenvalue weighted by Gasteiger charge is 2.11. The predicted octanol–water partition coefficient (Wildman–Crippen LogP) is 2.08. The average molecular weight is 419 g/mol. The molecule has 0 fully saturated rings. The summed E-state index contributed by atoms with van der Waals surface area (Å²) >= 11 is 1.43. The van der Waals surface area contributed by atoms with Gasteiger partial charge in [-0.1, -0.05) is 6.07 Å². The number of hydrogen-bond donors (Lipinski definition) is 2. The van der Waals surface area contributed by atoms with Gasteiger partial charge in [-0.3, -0.25) is 14.6 Å². The van der Waals surface area contributed by atoms with E-state index < -0.39 is 0 Å². The number of amides is 2. The fourth-order valence-corrected chi connectivity index (χ4v) is 3.44. The number of hydrogen-bond acceptors (Lipinski definition) is 7. The number of rotatable bonds is 7. The molecular weight excluding hydrogens is 402 g/mol. The molecule has 4 aromatic rings. The number of thiazole rings is 1. The molecule has 10 heteroatoms. The van der Waals surface area contributed by atoms with Gasteiger partial charge in [0.1, 0.15) is 17.7 Å². The van der Waals surface area contributed by atoms with Gasteiger partial charge in [0.2, 0.25) is 11.8 Å². The second kappa shape index (κ2) is 9.05. The number of pyridine rings is 1. The number of carbonyl (C=O) groups is 2. The lowest BCUT2D eigenvalue weighted by molar-refractivity contribution is -0.123. The number of anilines is 1. The van der Waals surface area contributed by atoms with Crippen molar-refractivity contribution in [3.05, 3.63) is 72.4 Å². The third-order valence-corrected chi connectivity index (χ3v) is 4.97. The summed E-state index contributed by atoms with van der Waals surface area (Å²) < 4.78 is 1.61. The fraction of sp³-hybridized carbons (Fsp3) is 0.100. The Morgan fingerprint density at radius 3 is 2.67 bits per heavy atom. The molecule has 150 valence electrons. The van der Waals surface area contributed by atoms with Crippen LogP contribution in [0.5, 0.6) is 0 Å².